The normalized spacial score (nSPS) is 21.9. The van der Waals surface area contributed by atoms with Gasteiger partial charge in [-0.15, -0.1) is 0 Å². The molecule has 0 aliphatic carbocycles. The van der Waals surface area contributed by atoms with Gasteiger partial charge in [0.15, 0.2) is 0 Å². The van der Waals surface area contributed by atoms with E-state index in [1.54, 1.807) is 6.07 Å². The third-order valence-electron chi connectivity index (χ3n) is 3.61. The number of aliphatic hydroxyl groups is 1. The van der Waals surface area contributed by atoms with Gasteiger partial charge in [-0.1, -0.05) is 19.1 Å². The third kappa shape index (κ3) is 4.01. The fraction of sp³-hybridized carbons (Fsp3) is 0.600. The highest BCUT2D eigenvalue weighted by molar-refractivity contribution is 9.10. The van der Waals surface area contributed by atoms with Gasteiger partial charge >= 0.3 is 0 Å². The average molecular weight is 346 g/mol. The quantitative estimate of drug-likeness (QED) is 0.890. The van der Waals surface area contributed by atoms with Crippen molar-refractivity contribution in [3.05, 3.63) is 34.1 Å². The van der Waals surface area contributed by atoms with E-state index in [-0.39, 0.29) is 11.9 Å². The summed E-state index contributed by atoms with van der Waals surface area (Å²) in [6.45, 7) is 5.47. The maximum atomic E-state index is 13.5. The lowest BCUT2D eigenvalue weighted by Gasteiger charge is -2.35. The van der Waals surface area contributed by atoms with Gasteiger partial charge in [0.05, 0.1) is 23.3 Å². The minimum absolute atomic E-state index is 0.203. The van der Waals surface area contributed by atoms with Gasteiger partial charge in [0.2, 0.25) is 0 Å². The highest BCUT2D eigenvalue weighted by Crippen LogP contribution is 2.23. The van der Waals surface area contributed by atoms with Crippen LogP contribution in [0, 0.1) is 5.82 Å². The van der Waals surface area contributed by atoms with Crippen LogP contribution in [0.1, 0.15) is 18.9 Å². The Morgan fingerprint density at radius 2 is 2.35 bits per heavy atom. The minimum atomic E-state index is -0.618. The summed E-state index contributed by atoms with van der Waals surface area (Å²) in [5.41, 5.74) is 0.772. The number of ether oxygens (including phenoxy) is 1. The fourth-order valence-corrected chi connectivity index (χ4v) is 2.97. The molecule has 0 aromatic heterocycles. The first-order valence-electron chi connectivity index (χ1n) is 7.06. The zero-order valence-corrected chi connectivity index (χ0v) is 13.3. The molecule has 1 saturated heterocycles. The zero-order chi connectivity index (χ0) is 14.5. The van der Waals surface area contributed by atoms with Crippen molar-refractivity contribution >= 4 is 15.9 Å². The van der Waals surface area contributed by atoms with Crippen LogP contribution >= 0.6 is 15.9 Å². The lowest BCUT2D eigenvalue weighted by molar-refractivity contribution is -0.0877. The molecule has 0 spiro atoms. The van der Waals surface area contributed by atoms with Crippen LogP contribution in [0.5, 0.6) is 0 Å². The van der Waals surface area contributed by atoms with Crippen molar-refractivity contribution in [3.63, 3.8) is 0 Å². The van der Waals surface area contributed by atoms with Gasteiger partial charge < -0.3 is 9.84 Å². The molecule has 1 aromatic carbocycles. The zero-order valence-electron chi connectivity index (χ0n) is 11.7. The summed E-state index contributed by atoms with van der Waals surface area (Å²) < 4.78 is 19.6. The van der Waals surface area contributed by atoms with Crippen molar-refractivity contribution in [2.45, 2.75) is 32.0 Å². The average Bonchev–Trinajstić information content (AvgIpc) is 2.44. The van der Waals surface area contributed by atoms with E-state index in [0.717, 1.165) is 31.6 Å². The van der Waals surface area contributed by atoms with Crippen molar-refractivity contribution in [3.8, 4) is 0 Å². The van der Waals surface area contributed by atoms with E-state index in [9.17, 15) is 9.50 Å². The topological polar surface area (TPSA) is 32.7 Å². The molecule has 0 radical (unpaired) electrons. The second-order valence-corrected chi connectivity index (χ2v) is 5.99. The van der Waals surface area contributed by atoms with Crippen molar-refractivity contribution in [2.75, 3.05) is 26.2 Å². The predicted molar refractivity (Wildman–Crippen MR) is 80.3 cm³/mol. The van der Waals surface area contributed by atoms with Crippen LogP contribution in [0.25, 0.3) is 0 Å². The molecule has 1 aromatic rings. The number of hydrogen-bond acceptors (Lipinski definition) is 3. The Balaban J connectivity index is 1.97. The first-order chi connectivity index (χ1) is 9.61. The van der Waals surface area contributed by atoms with Gasteiger partial charge in [-0.05, 0) is 40.5 Å². The van der Waals surface area contributed by atoms with E-state index >= 15 is 0 Å². The molecular formula is C15H21BrFNO2. The molecule has 1 aliphatic heterocycles. The molecule has 1 heterocycles. The highest BCUT2D eigenvalue weighted by Gasteiger charge is 2.27. The fourth-order valence-electron chi connectivity index (χ4n) is 2.55. The van der Waals surface area contributed by atoms with Crippen LogP contribution in [-0.2, 0) is 11.2 Å². The molecule has 112 valence electrons. The number of morpholine rings is 1. The summed E-state index contributed by atoms with van der Waals surface area (Å²) in [6, 6.07) is 4.89. The Kier molecular flexibility index (Phi) is 5.96. The van der Waals surface area contributed by atoms with Gasteiger partial charge in [0, 0.05) is 19.5 Å². The van der Waals surface area contributed by atoms with E-state index in [2.05, 4.69) is 27.8 Å². The minimum Gasteiger partial charge on any atom is -0.390 e. The molecule has 20 heavy (non-hydrogen) atoms. The monoisotopic (exact) mass is 345 g/mol. The van der Waals surface area contributed by atoms with E-state index in [0.29, 0.717) is 17.5 Å². The molecule has 1 fully saturated rings. The van der Waals surface area contributed by atoms with Crippen LogP contribution in [0.4, 0.5) is 4.39 Å². The molecule has 2 unspecified atom stereocenters. The van der Waals surface area contributed by atoms with E-state index in [1.165, 1.54) is 6.07 Å². The van der Waals surface area contributed by atoms with Crippen molar-refractivity contribution in [1.82, 2.24) is 4.90 Å². The Bertz CT molecular complexity index is 442. The molecule has 1 N–H and O–H groups in total. The SMILES string of the molecule is CCCN1CCOC(C(O)Cc2cccc(F)c2Br)C1. The van der Waals surface area contributed by atoms with Crippen molar-refractivity contribution in [2.24, 2.45) is 0 Å². The van der Waals surface area contributed by atoms with Crippen molar-refractivity contribution in [1.29, 1.82) is 0 Å². The number of halogens is 2. The molecule has 2 atom stereocenters. The summed E-state index contributed by atoms with van der Waals surface area (Å²) in [6.07, 6.45) is 0.666. The molecule has 2 rings (SSSR count). The summed E-state index contributed by atoms with van der Waals surface area (Å²) in [5, 5.41) is 10.3. The maximum absolute atomic E-state index is 13.5. The Labute approximate surface area is 127 Å². The second kappa shape index (κ2) is 7.50. The van der Waals surface area contributed by atoms with Crippen LogP contribution < -0.4 is 0 Å². The van der Waals surface area contributed by atoms with Crippen molar-refractivity contribution < 1.29 is 14.2 Å². The Hall–Kier alpha value is -0.490. The van der Waals surface area contributed by atoms with Gasteiger partial charge in [0.1, 0.15) is 5.82 Å². The smallest absolute Gasteiger partial charge is 0.137 e. The standard InChI is InChI=1S/C15H21BrFNO2/c1-2-6-18-7-8-20-14(10-18)13(19)9-11-4-3-5-12(17)15(11)16/h3-5,13-14,19H,2,6-10H2,1H3. The lowest BCUT2D eigenvalue weighted by atomic mass is 10.0. The maximum Gasteiger partial charge on any atom is 0.137 e. The molecule has 0 saturated carbocycles. The van der Waals surface area contributed by atoms with Gasteiger partial charge in [-0.3, -0.25) is 4.90 Å². The first-order valence-corrected chi connectivity index (χ1v) is 7.86. The summed E-state index contributed by atoms with van der Waals surface area (Å²) >= 11 is 3.23. The van der Waals surface area contributed by atoms with E-state index in [4.69, 9.17) is 4.74 Å². The molecular weight excluding hydrogens is 325 g/mol. The Morgan fingerprint density at radius 3 is 3.10 bits per heavy atom. The van der Waals surface area contributed by atoms with Gasteiger partial charge in [-0.25, -0.2) is 4.39 Å². The van der Waals surface area contributed by atoms with Crippen LogP contribution in [-0.4, -0.2) is 48.5 Å². The molecule has 3 nitrogen and oxygen atoms in total. The number of aliphatic hydroxyl groups excluding tert-OH is 1. The van der Waals surface area contributed by atoms with E-state index < -0.39 is 6.10 Å². The van der Waals surface area contributed by atoms with E-state index in [1.807, 2.05) is 6.07 Å². The number of nitrogens with zero attached hydrogens (tertiary/aromatic N) is 1. The largest absolute Gasteiger partial charge is 0.390 e. The molecule has 5 heteroatoms. The molecule has 1 aliphatic rings. The van der Waals surface area contributed by atoms with Crippen LogP contribution in [0.3, 0.4) is 0 Å². The van der Waals surface area contributed by atoms with Gasteiger partial charge in [-0.2, -0.15) is 0 Å². The second-order valence-electron chi connectivity index (χ2n) is 5.19. The first kappa shape index (κ1) is 15.9. The number of rotatable bonds is 5. The number of hydrogen-bond donors (Lipinski definition) is 1. The summed E-state index contributed by atoms with van der Waals surface area (Å²) in [5.74, 6) is -0.299. The summed E-state index contributed by atoms with van der Waals surface area (Å²) in [4.78, 5) is 2.30. The Morgan fingerprint density at radius 1 is 1.55 bits per heavy atom. The molecule has 0 bridgehead atoms. The van der Waals surface area contributed by atoms with Crippen LogP contribution in [0.15, 0.2) is 22.7 Å². The number of benzene rings is 1. The summed E-state index contributed by atoms with van der Waals surface area (Å²) in [7, 11) is 0. The third-order valence-corrected chi connectivity index (χ3v) is 4.50. The lowest BCUT2D eigenvalue weighted by Crippen LogP contribution is -2.48. The van der Waals surface area contributed by atoms with Crippen LogP contribution in [0.2, 0.25) is 0 Å². The predicted octanol–water partition coefficient (Wildman–Crippen LogP) is 2.60. The molecule has 0 amide bonds. The highest BCUT2D eigenvalue weighted by atomic mass is 79.9. The van der Waals surface area contributed by atoms with Gasteiger partial charge in [0.25, 0.3) is 0 Å².